The second-order valence-electron chi connectivity index (χ2n) is 5.70. The van der Waals surface area contributed by atoms with Gasteiger partial charge in [-0.1, -0.05) is 23.4 Å². The highest BCUT2D eigenvalue weighted by molar-refractivity contribution is 7.24. The molecule has 0 aliphatic heterocycles. The Kier molecular flexibility index (Phi) is 4.79. The second-order valence-corrected chi connectivity index (χ2v) is 6.79. The molecule has 4 nitrogen and oxygen atoms in total. The van der Waals surface area contributed by atoms with Crippen molar-refractivity contribution in [2.24, 2.45) is 5.18 Å². The molecule has 1 heterocycles. The van der Waals surface area contributed by atoms with E-state index >= 15 is 0 Å². The van der Waals surface area contributed by atoms with Crippen molar-refractivity contribution in [1.82, 2.24) is 4.90 Å². The van der Waals surface area contributed by atoms with Crippen molar-refractivity contribution in [3.05, 3.63) is 63.2 Å². The quantitative estimate of drug-likeness (QED) is 0.391. The molecule has 23 heavy (non-hydrogen) atoms. The highest BCUT2D eigenvalue weighted by atomic mass is 32.1. The van der Waals surface area contributed by atoms with E-state index in [0.717, 1.165) is 45.2 Å². The van der Waals surface area contributed by atoms with Crippen LogP contribution in [0.3, 0.4) is 0 Å². The Morgan fingerprint density at radius 1 is 1.09 bits per heavy atom. The molecule has 0 atom stereocenters. The summed E-state index contributed by atoms with van der Waals surface area (Å²) in [5.74, 6) is 0. The molecule has 0 aliphatic rings. The summed E-state index contributed by atoms with van der Waals surface area (Å²) < 4.78 is 2.04. The maximum Gasteiger partial charge on any atom is 0.195 e. The minimum absolute atomic E-state index is 0.101. The largest absolute Gasteiger partial charge is 0.302 e. The van der Waals surface area contributed by atoms with Gasteiger partial charge in [0.25, 0.3) is 0 Å². The molecule has 118 valence electrons. The summed E-state index contributed by atoms with van der Waals surface area (Å²) >= 11 is 1.65. The minimum atomic E-state index is 0.101. The van der Waals surface area contributed by atoms with Crippen molar-refractivity contribution in [3.63, 3.8) is 0 Å². The van der Waals surface area contributed by atoms with Crippen LogP contribution >= 0.6 is 11.3 Å². The van der Waals surface area contributed by atoms with Crippen LogP contribution in [0, 0.1) is 4.91 Å². The summed E-state index contributed by atoms with van der Waals surface area (Å²) in [5, 5.41) is 4.45. The molecular weight excluding hydrogens is 308 g/mol. The van der Waals surface area contributed by atoms with E-state index in [-0.39, 0.29) is 5.43 Å². The number of nitrogens with zero attached hydrogens (tertiary/aromatic N) is 2. The SMILES string of the molecule is CN(CCCN=O)Cc1ccc2sc3ccccc3c(=O)c2c1. The Hall–Kier alpha value is -2.11. The fourth-order valence-electron chi connectivity index (χ4n) is 2.74. The third kappa shape index (κ3) is 3.46. The van der Waals surface area contributed by atoms with Gasteiger partial charge in [0.15, 0.2) is 5.43 Å². The lowest BCUT2D eigenvalue weighted by atomic mass is 10.1. The Morgan fingerprint density at radius 3 is 2.70 bits per heavy atom. The summed E-state index contributed by atoms with van der Waals surface area (Å²) in [6, 6.07) is 13.8. The molecule has 0 saturated carbocycles. The van der Waals surface area contributed by atoms with Crippen molar-refractivity contribution in [2.75, 3.05) is 20.1 Å². The summed E-state index contributed by atoms with van der Waals surface area (Å²) in [6.45, 7) is 1.92. The number of fused-ring (bicyclic) bond motifs is 2. The lowest BCUT2D eigenvalue weighted by Gasteiger charge is -2.16. The van der Waals surface area contributed by atoms with Crippen molar-refractivity contribution >= 4 is 31.5 Å². The summed E-state index contributed by atoms with van der Waals surface area (Å²) in [6.07, 6.45) is 0.757. The zero-order chi connectivity index (χ0) is 16.2. The molecule has 3 aromatic rings. The lowest BCUT2D eigenvalue weighted by Crippen LogP contribution is -2.19. The molecule has 3 rings (SSSR count). The van der Waals surface area contributed by atoms with Gasteiger partial charge in [0, 0.05) is 33.3 Å². The van der Waals surface area contributed by atoms with Crippen LogP contribution in [-0.4, -0.2) is 25.0 Å². The first-order valence-corrected chi connectivity index (χ1v) is 8.43. The maximum absolute atomic E-state index is 12.7. The first-order valence-electron chi connectivity index (χ1n) is 7.61. The summed E-state index contributed by atoms with van der Waals surface area (Å²) in [7, 11) is 2.01. The first kappa shape index (κ1) is 15.8. The predicted molar refractivity (Wildman–Crippen MR) is 97.2 cm³/mol. The minimum Gasteiger partial charge on any atom is -0.302 e. The Bertz CT molecular complexity index is 904. The molecule has 0 aliphatic carbocycles. The molecule has 0 spiro atoms. The number of hydrogen-bond donors (Lipinski definition) is 0. The molecule has 0 radical (unpaired) electrons. The zero-order valence-electron chi connectivity index (χ0n) is 13.0. The topological polar surface area (TPSA) is 49.7 Å². The normalized spacial score (nSPS) is 11.4. The third-order valence-corrected chi connectivity index (χ3v) is 5.03. The fraction of sp³-hybridized carbons (Fsp3) is 0.278. The van der Waals surface area contributed by atoms with E-state index in [1.54, 1.807) is 11.3 Å². The van der Waals surface area contributed by atoms with Crippen molar-refractivity contribution in [1.29, 1.82) is 0 Å². The van der Waals surface area contributed by atoms with E-state index in [9.17, 15) is 9.70 Å². The predicted octanol–water partition coefficient (Wildman–Crippen LogP) is 4.00. The monoisotopic (exact) mass is 326 g/mol. The van der Waals surface area contributed by atoms with E-state index in [1.165, 1.54) is 0 Å². The number of rotatable bonds is 6. The Labute approximate surface area is 138 Å². The van der Waals surface area contributed by atoms with Crippen LogP contribution in [0.2, 0.25) is 0 Å². The van der Waals surface area contributed by atoms with Gasteiger partial charge in [-0.05, 0) is 43.3 Å². The molecule has 0 saturated heterocycles. The van der Waals surface area contributed by atoms with Gasteiger partial charge in [0.05, 0.1) is 6.54 Å². The maximum atomic E-state index is 12.7. The zero-order valence-corrected chi connectivity index (χ0v) is 13.8. The fourth-order valence-corrected chi connectivity index (χ4v) is 3.80. The van der Waals surface area contributed by atoms with Gasteiger partial charge in [0.2, 0.25) is 0 Å². The molecule has 0 N–H and O–H groups in total. The van der Waals surface area contributed by atoms with Crippen LogP contribution in [-0.2, 0) is 6.54 Å². The van der Waals surface area contributed by atoms with Crippen LogP contribution in [0.5, 0.6) is 0 Å². The second kappa shape index (κ2) is 6.98. The van der Waals surface area contributed by atoms with Crippen LogP contribution < -0.4 is 5.43 Å². The Morgan fingerprint density at radius 2 is 1.87 bits per heavy atom. The van der Waals surface area contributed by atoms with Gasteiger partial charge in [0.1, 0.15) is 0 Å². The van der Waals surface area contributed by atoms with Crippen LogP contribution in [0.4, 0.5) is 0 Å². The van der Waals surface area contributed by atoms with Gasteiger partial charge < -0.3 is 4.90 Å². The molecule has 0 unspecified atom stereocenters. The molecule has 0 fully saturated rings. The third-order valence-electron chi connectivity index (χ3n) is 3.88. The molecule has 5 heteroatoms. The summed E-state index contributed by atoms with van der Waals surface area (Å²) in [4.78, 5) is 25.0. The Balaban J connectivity index is 1.92. The van der Waals surface area contributed by atoms with Gasteiger partial charge >= 0.3 is 0 Å². The number of hydrogen-bond acceptors (Lipinski definition) is 5. The molecule has 0 bridgehead atoms. The van der Waals surface area contributed by atoms with Crippen LogP contribution in [0.25, 0.3) is 20.2 Å². The summed E-state index contributed by atoms with van der Waals surface area (Å²) in [5.41, 5.74) is 1.21. The number of nitroso groups, excluding NO2 is 1. The van der Waals surface area contributed by atoms with Gasteiger partial charge in [-0.25, -0.2) is 0 Å². The van der Waals surface area contributed by atoms with Crippen molar-refractivity contribution < 1.29 is 0 Å². The lowest BCUT2D eigenvalue weighted by molar-refractivity contribution is 0.324. The molecule has 1 aromatic heterocycles. The van der Waals surface area contributed by atoms with Gasteiger partial charge in [-0.3, -0.25) is 4.79 Å². The van der Waals surface area contributed by atoms with E-state index < -0.39 is 0 Å². The smallest absolute Gasteiger partial charge is 0.195 e. The van der Waals surface area contributed by atoms with E-state index in [1.807, 2.05) is 43.4 Å². The molecule has 2 aromatic carbocycles. The average Bonchev–Trinajstić information content (AvgIpc) is 2.56. The van der Waals surface area contributed by atoms with E-state index in [4.69, 9.17) is 0 Å². The van der Waals surface area contributed by atoms with Gasteiger partial charge in [-0.2, -0.15) is 4.91 Å². The van der Waals surface area contributed by atoms with Crippen LogP contribution in [0.15, 0.2) is 52.4 Å². The number of benzene rings is 2. The molecular formula is C18H18N2O2S. The highest BCUT2D eigenvalue weighted by Gasteiger charge is 2.07. The van der Waals surface area contributed by atoms with Crippen molar-refractivity contribution in [2.45, 2.75) is 13.0 Å². The van der Waals surface area contributed by atoms with E-state index in [2.05, 4.69) is 16.1 Å². The van der Waals surface area contributed by atoms with E-state index in [0.29, 0.717) is 6.54 Å². The standard InChI is InChI=1S/C18H18N2O2S/c1-20(10-4-9-19-22)12-13-7-8-17-15(11-13)18(21)14-5-2-3-6-16(14)23-17/h2-3,5-8,11H,4,9-10,12H2,1H3. The van der Waals surface area contributed by atoms with Crippen LogP contribution in [0.1, 0.15) is 12.0 Å². The first-order chi connectivity index (χ1) is 11.2. The highest BCUT2D eigenvalue weighted by Crippen LogP contribution is 2.25. The van der Waals surface area contributed by atoms with Crippen molar-refractivity contribution in [3.8, 4) is 0 Å². The molecule has 0 amide bonds. The van der Waals surface area contributed by atoms with Gasteiger partial charge in [-0.15, -0.1) is 11.3 Å². The average molecular weight is 326 g/mol.